The highest BCUT2D eigenvalue weighted by Crippen LogP contribution is 2.33. The van der Waals surface area contributed by atoms with Crippen LogP contribution in [0.4, 0.5) is 11.4 Å². The molecule has 24 heavy (non-hydrogen) atoms. The molecule has 0 radical (unpaired) electrons. The van der Waals surface area contributed by atoms with Crippen LogP contribution in [-0.4, -0.2) is 45.3 Å². The average Bonchev–Trinajstić information content (AvgIpc) is 3.36. The van der Waals surface area contributed by atoms with Gasteiger partial charge in [-0.05, 0) is 50.3 Å². The minimum Gasteiger partial charge on any atom is -0.366 e. The van der Waals surface area contributed by atoms with Crippen molar-refractivity contribution < 1.29 is 13.3 Å². The van der Waals surface area contributed by atoms with E-state index in [1.165, 1.54) is 25.0 Å². The van der Waals surface area contributed by atoms with Gasteiger partial charge >= 0.3 is 0 Å². The van der Waals surface area contributed by atoms with Crippen LogP contribution in [0.25, 0.3) is 0 Å². The third-order valence-electron chi connectivity index (χ3n) is 4.80. The molecule has 7 nitrogen and oxygen atoms in total. The monoisotopic (exact) mass is 353 g/mol. The fourth-order valence-electron chi connectivity index (χ4n) is 3.13. The molecule has 2 fully saturated rings. The molecule has 1 aromatic rings. The predicted octanol–water partition coefficient (Wildman–Crippen LogP) is 1.97. The molecule has 0 amide bonds. The predicted molar refractivity (Wildman–Crippen MR) is 92.2 cm³/mol. The third-order valence-corrected chi connectivity index (χ3v) is 5.91. The molecule has 1 N–H and O–H groups in total. The maximum absolute atomic E-state index is 11.6. The summed E-state index contributed by atoms with van der Waals surface area (Å²) < 4.78 is 23.3. The lowest BCUT2D eigenvalue weighted by molar-refractivity contribution is -0.384. The van der Waals surface area contributed by atoms with E-state index in [0.717, 1.165) is 44.6 Å². The maximum atomic E-state index is 11.6. The number of nitrogens with one attached hydrogen (secondary N) is 1. The first-order valence-corrected chi connectivity index (χ1v) is 10.2. The second kappa shape index (κ2) is 6.68. The Labute approximate surface area is 142 Å². The van der Waals surface area contributed by atoms with Crippen LogP contribution in [0.2, 0.25) is 0 Å². The molecular formula is C16H23N3O4S. The number of nitro benzene ring substituents is 1. The minimum atomic E-state index is -3.46. The van der Waals surface area contributed by atoms with Gasteiger partial charge in [-0.1, -0.05) is 0 Å². The van der Waals surface area contributed by atoms with Crippen molar-refractivity contribution in [2.24, 2.45) is 5.92 Å². The summed E-state index contributed by atoms with van der Waals surface area (Å²) in [6.07, 6.45) is 5.59. The maximum Gasteiger partial charge on any atom is 0.293 e. The molecule has 1 saturated carbocycles. The zero-order valence-electron chi connectivity index (χ0n) is 13.8. The number of nitrogens with zero attached hydrogens (tertiary/aromatic N) is 2. The zero-order valence-corrected chi connectivity index (χ0v) is 14.6. The van der Waals surface area contributed by atoms with Crippen molar-refractivity contribution in [2.45, 2.75) is 36.6 Å². The van der Waals surface area contributed by atoms with Crippen molar-refractivity contribution in [1.82, 2.24) is 5.32 Å². The quantitative estimate of drug-likeness (QED) is 0.621. The van der Waals surface area contributed by atoms with Crippen LogP contribution in [-0.2, 0) is 9.84 Å². The lowest BCUT2D eigenvalue weighted by Crippen LogP contribution is -2.43. The molecule has 1 aromatic carbocycles. The number of benzene rings is 1. The van der Waals surface area contributed by atoms with E-state index < -0.39 is 14.8 Å². The van der Waals surface area contributed by atoms with Gasteiger partial charge in [0.25, 0.3) is 5.69 Å². The number of anilines is 1. The summed E-state index contributed by atoms with van der Waals surface area (Å²) in [6, 6.07) is 4.65. The minimum absolute atomic E-state index is 0.0149. The molecule has 1 saturated heterocycles. The number of sulfone groups is 1. The van der Waals surface area contributed by atoms with Gasteiger partial charge in [-0.3, -0.25) is 10.1 Å². The van der Waals surface area contributed by atoms with Gasteiger partial charge in [-0.15, -0.1) is 0 Å². The second-order valence-corrected chi connectivity index (χ2v) is 8.81. The molecule has 1 aliphatic carbocycles. The highest BCUT2D eigenvalue weighted by atomic mass is 32.2. The van der Waals surface area contributed by atoms with E-state index in [1.54, 1.807) is 6.07 Å². The van der Waals surface area contributed by atoms with Gasteiger partial charge in [0.1, 0.15) is 5.69 Å². The van der Waals surface area contributed by atoms with Crippen LogP contribution in [0.1, 0.15) is 25.7 Å². The molecule has 0 aromatic heterocycles. The standard InChI is InChI=1S/C16H23N3O4S/c1-24(22,23)14-4-5-15(16(10-14)19(20)21)18-8-6-13(7-9-18)17-11-12-2-3-12/h4-5,10,12-13,17H,2-3,6-9,11H2,1H3. The summed E-state index contributed by atoms with van der Waals surface area (Å²) in [7, 11) is -3.46. The zero-order chi connectivity index (χ0) is 17.3. The van der Waals surface area contributed by atoms with E-state index in [1.807, 2.05) is 4.90 Å². The van der Waals surface area contributed by atoms with Gasteiger partial charge < -0.3 is 10.2 Å². The molecule has 0 atom stereocenters. The molecule has 3 rings (SSSR count). The van der Waals surface area contributed by atoms with Crippen LogP contribution >= 0.6 is 0 Å². The smallest absolute Gasteiger partial charge is 0.293 e. The van der Waals surface area contributed by atoms with Crippen molar-refractivity contribution in [2.75, 3.05) is 30.8 Å². The van der Waals surface area contributed by atoms with Gasteiger partial charge in [0, 0.05) is 31.5 Å². The SMILES string of the molecule is CS(=O)(=O)c1ccc(N2CCC(NCC3CC3)CC2)c([N+](=O)[O-])c1. The molecule has 1 heterocycles. The van der Waals surface area contributed by atoms with Gasteiger partial charge in [0.2, 0.25) is 0 Å². The van der Waals surface area contributed by atoms with Crippen LogP contribution in [0, 0.1) is 16.0 Å². The van der Waals surface area contributed by atoms with Crippen molar-refractivity contribution in [3.8, 4) is 0 Å². The second-order valence-electron chi connectivity index (χ2n) is 6.79. The Hall–Kier alpha value is -1.67. The van der Waals surface area contributed by atoms with E-state index in [9.17, 15) is 18.5 Å². The van der Waals surface area contributed by atoms with Crippen molar-refractivity contribution >= 4 is 21.2 Å². The largest absolute Gasteiger partial charge is 0.366 e. The average molecular weight is 353 g/mol. The van der Waals surface area contributed by atoms with Gasteiger partial charge in [-0.25, -0.2) is 8.42 Å². The highest BCUT2D eigenvalue weighted by molar-refractivity contribution is 7.90. The Bertz CT molecular complexity index is 723. The summed E-state index contributed by atoms with van der Waals surface area (Å²) in [5.41, 5.74) is 0.371. The van der Waals surface area contributed by atoms with Crippen molar-refractivity contribution in [3.05, 3.63) is 28.3 Å². The van der Waals surface area contributed by atoms with Gasteiger partial charge in [-0.2, -0.15) is 0 Å². The fourth-order valence-corrected chi connectivity index (χ4v) is 3.77. The number of hydrogen-bond donors (Lipinski definition) is 1. The molecular weight excluding hydrogens is 330 g/mol. The Balaban J connectivity index is 1.71. The van der Waals surface area contributed by atoms with Crippen molar-refractivity contribution in [3.63, 3.8) is 0 Å². The number of rotatable bonds is 6. The summed E-state index contributed by atoms with van der Waals surface area (Å²) in [4.78, 5) is 12.8. The molecule has 132 valence electrons. The normalized spacial score (nSPS) is 19.5. The van der Waals surface area contributed by atoms with Crippen LogP contribution < -0.4 is 10.2 Å². The number of nitro groups is 1. The molecule has 8 heteroatoms. The fraction of sp³-hybridized carbons (Fsp3) is 0.625. The van der Waals surface area contributed by atoms with Crippen LogP contribution in [0.5, 0.6) is 0 Å². The summed E-state index contributed by atoms with van der Waals surface area (Å²) in [5, 5.41) is 14.9. The lowest BCUT2D eigenvalue weighted by atomic mass is 10.0. The van der Waals surface area contributed by atoms with Crippen molar-refractivity contribution in [1.29, 1.82) is 0 Å². The van der Waals surface area contributed by atoms with E-state index in [0.29, 0.717) is 11.7 Å². The summed E-state index contributed by atoms with van der Waals surface area (Å²) in [6.45, 7) is 2.55. The van der Waals surface area contributed by atoms with E-state index in [4.69, 9.17) is 0 Å². The van der Waals surface area contributed by atoms with E-state index >= 15 is 0 Å². The molecule has 0 bridgehead atoms. The topological polar surface area (TPSA) is 92.6 Å². The summed E-state index contributed by atoms with van der Waals surface area (Å²) >= 11 is 0. The lowest BCUT2D eigenvalue weighted by Gasteiger charge is -2.33. The highest BCUT2D eigenvalue weighted by Gasteiger charge is 2.27. The first-order chi connectivity index (χ1) is 11.3. The Morgan fingerprint density at radius 2 is 1.92 bits per heavy atom. The Morgan fingerprint density at radius 1 is 1.25 bits per heavy atom. The molecule has 1 aliphatic heterocycles. The van der Waals surface area contributed by atoms with Crippen LogP contribution in [0.15, 0.2) is 23.1 Å². The number of hydrogen-bond acceptors (Lipinski definition) is 6. The van der Waals surface area contributed by atoms with E-state index in [-0.39, 0.29) is 10.6 Å². The van der Waals surface area contributed by atoms with Crippen LogP contribution in [0.3, 0.4) is 0 Å². The Kier molecular flexibility index (Phi) is 4.78. The molecule has 0 spiro atoms. The number of piperidine rings is 1. The third kappa shape index (κ3) is 4.05. The molecule has 0 unspecified atom stereocenters. The molecule has 2 aliphatic rings. The van der Waals surface area contributed by atoms with Gasteiger partial charge in [0.15, 0.2) is 9.84 Å². The van der Waals surface area contributed by atoms with E-state index in [2.05, 4.69) is 5.32 Å². The van der Waals surface area contributed by atoms with Gasteiger partial charge in [0.05, 0.1) is 9.82 Å². The first kappa shape index (κ1) is 17.2. The summed E-state index contributed by atoms with van der Waals surface area (Å²) in [5.74, 6) is 0.840. The Morgan fingerprint density at radius 3 is 2.46 bits per heavy atom. The first-order valence-electron chi connectivity index (χ1n) is 8.31.